The van der Waals surface area contributed by atoms with Crippen LogP contribution in [0, 0.1) is 5.82 Å². The largest absolute Gasteiger partial charge is 0.324 e. The Kier molecular flexibility index (Phi) is 5.63. The number of anilines is 1. The van der Waals surface area contributed by atoms with E-state index in [1.165, 1.54) is 6.07 Å². The summed E-state index contributed by atoms with van der Waals surface area (Å²) in [6.45, 7) is 4.90. The van der Waals surface area contributed by atoms with E-state index in [2.05, 4.69) is 24.5 Å². The van der Waals surface area contributed by atoms with Crippen molar-refractivity contribution in [2.24, 2.45) is 0 Å². The van der Waals surface area contributed by atoms with E-state index in [0.717, 1.165) is 13.0 Å². The van der Waals surface area contributed by atoms with Crippen molar-refractivity contribution < 1.29 is 9.18 Å². The SMILES string of the molecule is CC(C)NCCCC(=O)Nc1ccccc1F. The molecule has 0 heterocycles. The van der Waals surface area contributed by atoms with Crippen LogP contribution in [0.15, 0.2) is 24.3 Å². The molecule has 1 rings (SSSR count). The first kappa shape index (κ1) is 13.6. The highest BCUT2D eigenvalue weighted by Gasteiger charge is 2.05. The lowest BCUT2D eigenvalue weighted by molar-refractivity contribution is -0.116. The zero-order chi connectivity index (χ0) is 12.7. The van der Waals surface area contributed by atoms with Crippen LogP contribution in [-0.4, -0.2) is 18.5 Å². The topological polar surface area (TPSA) is 41.1 Å². The monoisotopic (exact) mass is 238 g/mol. The van der Waals surface area contributed by atoms with E-state index in [-0.39, 0.29) is 11.6 Å². The lowest BCUT2D eigenvalue weighted by atomic mass is 10.2. The standard InChI is InChI=1S/C13H19FN2O/c1-10(2)15-9-5-8-13(17)16-12-7-4-3-6-11(12)14/h3-4,6-7,10,15H,5,8-9H2,1-2H3,(H,16,17). The molecule has 0 bridgehead atoms. The summed E-state index contributed by atoms with van der Waals surface area (Å²) >= 11 is 0. The summed E-state index contributed by atoms with van der Waals surface area (Å²) in [5, 5.41) is 5.78. The van der Waals surface area contributed by atoms with Gasteiger partial charge >= 0.3 is 0 Å². The molecule has 0 saturated carbocycles. The Labute approximate surface area is 101 Å². The third-order valence-electron chi connectivity index (χ3n) is 2.28. The maximum absolute atomic E-state index is 13.2. The molecule has 0 aliphatic heterocycles. The summed E-state index contributed by atoms with van der Waals surface area (Å²) < 4.78 is 13.2. The van der Waals surface area contributed by atoms with Gasteiger partial charge in [-0.2, -0.15) is 0 Å². The van der Waals surface area contributed by atoms with Gasteiger partial charge in [-0.15, -0.1) is 0 Å². The van der Waals surface area contributed by atoms with Crippen molar-refractivity contribution in [3.8, 4) is 0 Å². The molecule has 0 aromatic heterocycles. The van der Waals surface area contributed by atoms with Gasteiger partial charge in [-0.3, -0.25) is 4.79 Å². The average molecular weight is 238 g/mol. The Hall–Kier alpha value is -1.42. The smallest absolute Gasteiger partial charge is 0.224 e. The van der Waals surface area contributed by atoms with Crippen LogP contribution in [0.2, 0.25) is 0 Å². The molecule has 0 unspecified atom stereocenters. The van der Waals surface area contributed by atoms with Crippen LogP contribution in [0.5, 0.6) is 0 Å². The summed E-state index contributed by atoms with van der Waals surface area (Å²) in [5.41, 5.74) is 0.245. The molecule has 17 heavy (non-hydrogen) atoms. The summed E-state index contributed by atoms with van der Waals surface area (Å²) in [7, 11) is 0. The number of halogens is 1. The fourth-order valence-electron chi connectivity index (χ4n) is 1.41. The van der Waals surface area contributed by atoms with Crippen LogP contribution in [0.3, 0.4) is 0 Å². The molecular weight excluding hydrogens is 219 g/mol. The van der Waals surface area contributed by atoms with Crippen LogP contribution in [0.25, 0.3) is 0 Å². The molecule has 1 aromatic carbocycles. The second-order valence-corrected chi connectivity index (χ2v) is 4.24. The maximum atomic E-state index is 13.2. The van der Waals surface area contributed by atoms with Gasteiger partial charge in [0.1, 0.15) is 5.82 Å². The van der Waals surface area contributed by atoms with Crippen molar-refractivity contribution in [2.45, 2.75) is 32.7 Å². The lowest BCUT2D eigenvalue weighted by Crippen LogP contribution is -2.24. The van der Waals surface area contributed by atoms with E-state index in [0.29, 0.717) is 12.5 Å². The Morgan fingerprint density at radius 2 is 2.06 bits per heavy atom. The number of nitrogens with one attached hydrogen (secondary N) is 2. The van der Waals surface area contributed by atoms with E-state index in [4.69, 9.17) is 0 Å². The quantitative estimate of drug-likeness (QED) is 0.748. The highest BCUT2D eigenvalue weighted by Crippen LogP contribution is 2.12. The van der Waals surface area contributed by atoms with Crippen molar-refractivity contribution in [1.82, 2.24) is 5.32 Å². The number of carbonyl (C=O) groups excluding carboxylic acids is 1. The van der Waals surface area contributed by atoms with Crippen LogP contribution in [0.1, 0.15) is 26.7 Å². The Morgan fingerprint density at radius 1 is 1.35 bits per heavy atom. The van der Waals surface area contributed by atoms with Crippen molar-refractivity contribution >= 4 is 11.6 Å². The van der Waals surface area contributed by atoms with Crippen molar-refractivity contribution in [3.05, 3.63) is 30.1 Å². The number of amides is 1. The zero-order valence-electron chi connectivity index (χ0n) is 10.3. The fraction of sp³-hybridized carbons (Fsp3) is 0.462. The first-order valence-electron chi connectivity index (χ1n) is 5.87. The van der Waals surface area contributed by atoms with Gasteiger partial charge in [-0.1, -0.05) is 26.0 Å². The number of rotatable bonds is 6. The number of carbonyl (C=O) groups is 1. The molecule has 3 nitrogen and oxygen atoms in total. The molecule has 1 amide bonds. The molecule has 94 valence electrons. The Bertz CT molecular complexity index is 366. The van der Waals surface area contributed by atoms with Crippen molar-refractivity contribution in [2.75, 3.05) is 11.9 Å². The van der Waals surface area contributed by atoms with Crippen LogP contribution >= 0.6 is 0 Å². The highest BCUT2D eigenvalue weighted by molar-refractivity contribution is 5.90. The van der Waals surface area contributed by atoms with Crippen LogP contribution in [0.4, 0.5) is 10.1 Å². The van der Waals surface area contributed by atoms with E-state index >= 15 is 0 Å². The molecule has 4 heteroatoms. The summed E-state index contributed by atoms with van der Waals surface area (Å²) in [5.74, 6) is -0.554. The van der Waals surface area contributed by atoms with E-state index < -0.39 is 5.82 Å². The number of para-hydroxylation sites is 1. The van der Waals surface area contributed by atoms with E-state index in [1.54, 1.807) is 18.2 Å². The predicted octanol–water partition coefficient (Wildman–Crippen LogP) is 2.54. The minimum Gasteiger partial charge on any atom is -0.324 e. The molecule has 0 aliphatic carbocycles. The average Bonchev–Trinajstić information content (AvgIpc) is 2.27. The Morgan fingerprint density at radius 3 is 2.71 bits per heavy atom. The number of benzene rings is 1. The van der Waals surface area contributed by atoms with Gasteiger partial charge in [0, 0.05) is 12.5 Å². The van der Waals surface area contributed by atoms with Gasteiger partial charge in [0.05, 0.1) is 5.69 Å². The summed E-state index contributed by atoms with van der Waals surface area (Å²) in [6.07, 6.45) is 1.15. The third-order valence-corrected chi connectivity index (χ3v) is 2.28. The van der Waals surface area contributed by atoms with Gasteiger partial charge in [0.15, 0.2) is 0 Å². The minimum atomic E-state index is -0.402. The normalized spacial score (nSPS) is 10.6. The maximum Gasteiger partial charge on any atom is 0.224 e. The summed E-state index contributed by atoms with van der Waals surface area (Å²) in [6, 6.07) is 6.59. The van der Waals surface area contributed by atoms with E-state index in [9.17, 15) is 9.18 Å². The van der Waals surface area contributed by atoms with Gasteiger partial charge in [-0.25, -0.2) is 4.39 Å². The van der Waals surface area contributed by atoms with Crippen LogP contribution < -0.4 is 10.6 Å². The molecule has 0 fully saturated rings. The molecule has 0 saturated heterocycles. The van der Waals surface area contributed by atoms with Gasteiger partial charge < -0.3 is 10.6 Å². The molecule has 0 spiro atoms. The predicted molar refractivity (Wildman–Crippen MR) is 67.4 cm³/mol. The second kappa shape index (κ2) is 7.01. The highest BCUT2D eigenvalue weighted by atomic mass is 19.1. The third kappa shape index (κ3) is 5.45. The first-order valence-corrected chi connectivity index (χ1v) is 5.87. The lowest BCUT2D eigenvalue weighted by Gasteiger charge is -2.08. The number of hydrogen-bond donors (Lipinski definition) is 2. The second-order valence-electron chi connectivity index (χ2n) is 4.24. The summed E-state index contributed by atoms with van der Waals surface area (Å²) in [4.78, 5) is 11.5. The molecule has 2 N–H and O–H groups in total. The van der Waals surface area contributed by atoms with Gasteiger partial charge in [0.25, 0.3) is 0 Å². The van der Waals surface area contributed by atoms with Gasteiger partial charge in [0.2, 0.25) is 5.91 Å². The van der Waals surface area contributed by atoms with Crippen LogP contribution in [-0.2, 0) is 4.79 Å². The fourth-order valence-corrected chi connectivity index (χ4v) is 1.41. The molecule has 0 atom stereocenters. The molecule has 1 aromatic rings. The van der Waals surface area contributed by atoms with Crippen molar-refractivity contribution in [1.29, 1.82) is 0 Å². The Balaban J connectivity index is 2.28. The zero-order valence-corrected chi connectivity index (χ0v) is 10.3. The minimum absolute atomic E-state index is 0.152. The van der Waals surface area contributed by atoms with Gasteiger partial charge in [-0.05, 0) is 25.1 Å². The number of hydrogen-bond acceptors (Lipinski definition) is 2. The first-order chi connectivity index (χ1) is 8.09. The van der Waals surface area contributed by atoms with Crippen molar-refractivity contribution in [3.63, 3.8) is 0 Å². The van der Waals surface area contributed by atoms with E-state index in [1.807, 2.05) is 0 Å². The molecule has 0 aliphatic rings. The molecule has 0 radical (unpaired) electrons. The molecular formula is C13H19FN2O.